The molecule has 1 aromatic heterocycles. The minimum Gasteiger partial charge on any atom is -0.465 e. The van der Waals surface area contributed by atoms with Crippen LogP contribution in [-0.2, 0) is 0 Å². The maximum absolute atomic E-state index is 9.03. The van der Waals surface area contributed by atoms with E-state index < -0.39 is 0 Å². The van der Waals surface area contributed by atoms with Crippen LogP contribution < -0.4 is 0 Å². The third-order valence-electron chi connectivity index (χ3n) is 2.54. The quantitative estimate of drug-likeness (QED) is 0.611. The van der Waals surface area contributed by atoms with E-state index in [0.29, 0.717) is 11.3 Å². The summed E-state index contributed by atoms with van der Waals surface area (Å²) in [5, 5.41) is 18.1. The predicted molar refractivity (Wildman–Crippen MR) is 72.3 cm³/mol. The van der Waals surface area contributed by atoms with Gasteiger partial charge in [0.2, 0.25) is 0 Å². The number of hydrogen-bond donors (Lipinski definition) is 0. The Morgan fingerprint density at radius 2 is 1.74 bits per heavy atom. The number of nitrogens with zero attached hydrogens (tertiary/aromatic N) is 2. The minimum atomic E-state index is 0.0778. The van der Waals surface area contributed by atoms with Crippen molar-refractivity contribution in [3.63, 3.8) is 0 Å². The highest BCUT2D eigenvalue weighted by Crippen LogP contribution is 2.21. The maximum Gasteiger partial charge on any atom is 0.137 e. The summed E-state index contributed by atoms with van der Waals surface area (Å²) in [6, 6.07) is 16.7. The predicted octanol–water partition coefficient (Wildman–Crippen LogP) is 3.79. The van der Waals surface area contributed by atoms with Crippen LogP contribution in [0, 0.1) is 22.7 Å². The van der Waals surface area contributed by atoms with Crippen LogP contribution in [0.2, 0.25) is 0 Å². The normalized spacial score (nSPS) is 9.79. The van der Waals surface area contributed by atoms with Crippen LogP contribution in [0.25, 0.3) is 11.6 Å². The summed E-state index contributed by atoms with van der Waals surface area (Å²) < 4.78 is 5.19. The third-order valence-corrected chi connectivity index (χ3v) is 2.54. The largest absolute Gasteiger partial charge is 0.465 e. The molecule has 0 atom stereocenters. The first-order valence-electron chi connectivity index (χ1n) is 5.66. The highest BCUT2D eigenvalue weighted by atomic mass is 16.3. The van der Waals surface area contributed by atoms with E-state index in [0.717, 1.165) is 5.56 Å². The molecular formula is C16H10N2O. The van der Waals surface area contributed by atoms with E-state index in [-0.39, 0.29) is 5.57 Å². The standard InChI is InChI=1S/C16H10N2O/c17-11-14(12-18)16(13-5-2-1-3-6-13)9-8-15-7-4-10-19-15/h1-10H/b9-8+. The van der Waals surface area contributed by atoms with Gasteiger partial charge in [-0.1, -0.05) is 30.3 Å². The van der Waals surface area contributed by atoms with E-state index in [1.54, 1.807) is 30.5 Å². The van der Waals surface area contributed by atoms with Gasteiger partial charge in [-0.05, 0) is 29.8 Å². The lowest BCUT2D eigenvalue weighted by atomic mass is 10.0. The van der Waals surface area contributed by atoms with Gasteiger partial charge in [-0.25, -0.2) is 0 Å². The fourth-order valence-electron chi connectivity index (χ4n) is 1.64. The molecule has 3 nitrogen and oxygen atoms in total. The van der Waals surface area contributed by atoms with Crippen molar-refractivity contribution >= 4 is 11.6 Å². The van der Waals surface area contributed by atoms with Crippen molar-refractivity contribution in [2.75, 3.05) is 0 Å². The molecule has 2 rings (SSSR count). The second-order valence-electron chi connectivity index (χ2n) is 3.73. The smallest absolute Gasteiger partial charge is 0.137 e. The molecule has 0 radical (unpaired) electrons. The monoisotopic (exact) mass is 246 g/mol. The van der Waals surface area contributed by atoms with Gasteiger partial charge in [-0.15, -0.1) is 0 Å². The highest BCUT2D eigenvalue weighted by molar-refractivity contribution is 5.84. The lowest BCUT2D eigenvalue weighted by molar-refractivity contribution is 0.557. The lowest BCUT2D eigenvalue weighted by Gasteiger charge is -2.01. The Kier molecular flexibility index (Phi) is 3.95. The molecule has 0 aliphatic carbocycles. The SMILES string of the molecule is N#CC(C#N)=C(/C=C/c1ccco1)c1ccccc1. The van der Waals surface area contributed by atoms with E-state index in [4.69, 9.17) is 14.9 Å². The summed E-state index contributed by atoms with van der Waals surface area (Å²) in [7, 11) is 0. The molecule has 0 aliphatic rings. The molecule has 19 heavy (non-hydrogen) atoms. The fraction of sp³-hybridized carbons (Fsp3) is 0. The minimum absolute atomic E-state index is 0.0778. The number of hydrogen-bond acceptors (Lipinski definition) is 3. The van der Waals surface area contributed by atoms with E-state index in [9.17, 15) is 0 Å². The van der Waals surface area contributed by atoms with Gasteiger partial charge in [0.25, 0.3) is 0 Å². The van der Waals surface area contributed by atoms with Crippen LogP contribution in [0.1, 0.15) is 11.3 Å². The number of benzene rings is 1. The third kappa shape index (κ3) is 3.00. The average Bonchev–Trinajstić information content (AvgIpc) is 2.97. The molecule has 1 aromatic carbocycles. The molecule has 0 unspecified atom stereocenters. The van der Waals surface area contributed by atoms with Gasteiger partial charge >= 0.3 is 0 Å². The van der Waals surface area contributed by atoms with Crippen LogP contribution >= 0.6 is 0 Å². The van der Waals surface area contributed by atoms with Gasteiger partial charge in [0.05, 0.1) is 6.26 Å². The molecule has 1 heterocycles. The van der Waals surface area contributed by atoms with Gasteiger partial charge in [0.1, 0.15) is 23.5 Å². The first-order chi connectivity index (χ1) is 9.35. The van der Waals surface area contributed by atoms with Crippen molar-refractivity contribution in [1.82, 2.24) is 0 Å². The molecular weight excluding hydrogens is 236 g/mol. The van der Waals surface area contributed by atoms with Crippen molar-refractivity contribution in [2.24, 2.45) is 0 Å². The van der Waals surface area contributed by atoms with Crippen LogP contribution in [0.5, 0.6) is 0 Å². The van der Waals surface area contributed by atoms with Gasteiger partial charge in [-0.2, -0.15) is 10.5 Å². The Hall–Kier alpha value is -3.04. The summed E-state index contributed by atoms with van der Waals surface area (Å²) in [4.78, 5) is 0. The number of allylic oxidation sites excluding steroid dienone is 3. The molecule has 0 saturated heterocycles. The fourth-order valence-corrected chi connectivity index (χ4v) is 1.64. The van der Waals surface area contributed by atoms with Crippen LogP contribution in [0.4, 0.5) is 0 Å². The Morgan fingerprint density at radius 3 is 2.32 bits per heavy atom. The zero-order valence-electron chi connectivity index (χ0n) is 10.1. The van der Waals surface area contributed by atoms with E-state index in [1.165, 1.54) is 0 Å². The lowest BCUT2D eigenvalue weighted by Crippen LogP contribution is -1.85. The Morgan fingerprint density at radius 1 is 1.00 bits per heavy atom. The maximum atomic E-state index is 9.03. The molecule has 90 valence electrons. The average molecular weight is 246 g/mol. The molecule has 3 heteroatoms. The van der Waals surface area contributed by atoms with Crippen molar-refractivity contribution < 1.29 is 4.42 Å². The molecule has 0 aliphatic heterocycles. The first kappa shape index (κ1) is 12.4. The second kappa shape index (κ2) is 6.05. The van der Waals surface area contributed by atoms with Crippen LogP contribution in [-0.4, -0.2) is 0 Å². The number of rotatable bonds is 3. The molecule has 0 saturated carbocycles. The van der Waals surface area contributed by atoms with Crippen molar-refractivity contribution in [1.29, 1.82) is 10.5 Å². The Balaban J connectivity index is 2.46. The summed E-state index contributed by atoms with van der Waals surface area (Å²) in [6.45, 7) is 0. The van der Waals surface area contributed by atoms with Crippen LogP contribution in [0.3, 0.4) is 0 Å². The first-order valence-corrected chi connectivity index (χ1v) is 5.66. The van der Waals surface area contributed by atoms with E-state index in [2.05, 4.69) is 0 Å². The van der Waals surface area contributed by atoms with E-state index >= 15 is 0 Å². The molecule has 2 aromatic rings. The zero-order valence-corrected chi connectivity index (χ0v) is 10.1. The van der Waals surface area contributed by atoms with Gasteiger partial charge in [0.15, 0.2) is 0 Å². The summed E-state index contributed by atoms with van der Waals surface area (Å²) in [5.41, 5.74) is 1.49. The second-order valence-corrected chi connectivity index (χ2v) is 3.73. The topological polar surface area (TPSA) is 60.7 Å². The van der Waals surface area contributed by atoms with Crippen molar-refractivity contribution in [3.8, 4) is 12.1 Å². The molecule has 0 amide bonds. The van der Waals surface area contributed by atoms with Gasteiger partial charge in [0, 0.05) is 5.57 Å². The molecule has 0 bridgehead atoms. The zero-order chi connectivity index (χ0) is 13.5. The number of nitriles is 2. The van der Waals surface area contributed by atoms with Crippen LogP contribution in [0.15, 0.2) is 64.8 Å². The molecule has 0 N–H and O–H groups in total. The molecule has 0 spiro atoms. The van der Waals surface area contributed by atoms with E-state index in [1.807, 2.05) is 42.5 Å². The highest BCUT2D eigenvalue weighted by Gasteiger charge is 2.05. The summed E-state index contributed by atoms with van der Waals surface area (Å²) in [6.07, 6.45) is 5.02. The Bertz CT molecular complexity index is 665. The number of furan rings is 1. The van der Waals surface area contributed by atoms with Crippen molar-refractivity contribution in [3.05, 3.63) is 71.7 Å². The molecule has 0 fully saturated rings. The summed E-state index contributed by atoms with van der Waals surface area (Å²) >= 11 is 0. The Labute approximate surface area is 111 Å². The van der Waals surface area contributed by atoms with Crippen molar-refractivity contribution in [2.45, 2.75) is 0 Å². The summed E-state index contributed by atoms with van der Waals surface area (Å²) in [5.74, 6) is 0.670. The van der Waals surface area contributed by atoms with Gasteiger partial charge < -0.3 is 4.42 Å². The van der Waals surface area contributed by atoms with Gasteiger partial charge in [-0.3, -0.25) is 0 Å².